The summed E-state index contributed by atoms with van der Waals surface area (Å²) in [6.45, 7) is -1.73. The fourth-order valence-corrected chi connectivity index (χ4v) is 1.75. The monoisotopic (exact) mass is 280 g/mol. The summed E-state index contributed by atoms with van der Waals surface area (Å²) >= 11 is 0. The molecule has 0 amide bonds. The van der Waals surface area contributed by atoms with Crippen molar-refractivity contribution in [1.82, 2.24) is 4.89 Å². The highest BCUT2D eigenvalue weighted by Gasteiger charge is 2.29. The summed E-state index contributed by atoms with van der Waals surface area (Å²) in [5.74, 6) is 0. The molecule has 1 aromatic carbocycles. The largest absolute Gasteiger partial charge is 0.413 e. The summed E-state index contributed by atoms with van der Waals surface area (Å²) in [6.07, 6.45) is -4.63. The van der Waals surface area contributed by atoms with Crippen molar-refractivity contribution in [3.63, 3.8) is 0 Å². The predicted molar refractivity (Wildman–Crippen MR) is 53.5 cm³/mol. The first kappa shape index (κ1) is 14.4. The molecule has 0 aliphatic rings. The van der Waals surface area contributed by atoms with Gasteiger partial charge in [0.25, 0.3) is 10.0 Å². The third-order valence-corrected chi connectivity index (χ3v) is 2.93. The topological polar surface area (TPSA) is 79.2 Å². The van der Waals surface area contributed by atoms with Gasteiger partial charge < -0.3 is 0 Å². The molecule has 9 heteroatoms. The van der Waals surface area contributed by atoms with Crippen molar-refractivity contribution in [1.29, 1.82) is 5.26 Å². The summed E-state index contributed by atoms with van der Waals surface area (Å²) in [4.78, 5) is 4.88. The summed E-state index contributed by atoms with van der Waals surface area (Å²) in [5.41, 5.74) is 0.227. The molecule has 18 heavy (non-hydrogen) atoms. The van der Waals surface area contributed by atoms with Gasteiger partial charge in [-0.1, -0.05) is 4.89 Å². The van der Waals surface area contributed by atoms with Crippen LogP contribution in [0.25, 0.3) is 0 Å². The minimum Gasteiger partial charge on any atom is -0.277 e. The lowest BCUT2D eigenvalue weighted by molar-refractivity contribution is -0.181. The first-order valence-corrected chi connectivity index (χ1v) is 5.93. The predicted octanol–water partition coefficient (Wildman–Crippen LogP) is 1.33. The summed E-state index contributed by atoms with van der Waals surface area (Å²) < 4.78 is 58.1. The molecule has 0 aliphatic heterocycles. The van der Waals surface area contributed by atoms with Crippen LogP contribution in [0.4, 0.5) is 13.2 Å². The second-order valence-electron chi connectivity index (χ2n) is 3.13. The first-order valence-electron chi connectivity index (χ1n) is 4.45. The number of hydrogen-bond acceptors (Lipinski definition) is 4. The van der Waals surface area contributed by atoms with Gasteiger partial charge in [-0.15, -0.1) is 0 Å². The van der Waals surface area contributed by atoms with E-state index < -0.39 is 22.8 Å². The van der Waals surface area contributed by atoms with Crippen LogP contribution >= 0.6 is 0 Å². The number of rotatable bonds is 4. The minimum absolute atomic E-state index is 0.227. The van der Waals surface area contributed by atoms with Crippen LogP contribution < -0.4 is 4.89 Å². The van der Waals surface area contributed by atoms with Gasteiger partial charge in [-0.05, 0) is 24.3 Å². The lowest BCUT2D eigenvalue weighted by Gasteiger charge is -2.09. The van der Waals surface area contributed by atoms with Gasteiger partial charge in [0, 0.05) is 0 Å². The molecule has 0 bridgehead atoms. The van der Waals surface area contributed by atoms with E-state index in [1.807, 2.05) is 0 Å². The Labute approximate surface area is 101 Å². The van der Waals surface area contributed by atoms with E-state index >= 15 is 0 Å². The van der Waals surface area contributed by atoms with Crippen molar-refractivity contribution >= 4 is 10.0 Å². The van der Waals surface area contributed by atoms with Crippen LogP contribution in [0.1, 0.15) is 5.56 Å². The minimum atomic E-state index is -4.63. The average molecular weight is 280 g/mol. The Morgan fingerprint density at radius 3 is 2.28 bits per heavy atom. The zero-order valence-electron chi connectivity index (χ0n) is 8.73. The molecule has 1 aromatic rings. The van der Waals surface area contributed by atoms with Gasteiger partial charge in [0.2, 0.25) is 0 Å². The fraction of sp³-hybridized carbons (Fsp3) is 0.222. The Bertz CT molecular complexity index is 546. The van der Waals surface area contributed by atoms with Gasteiger partial charge in [0.05, 0.1) is 16.5 Å². The van der Waals surface area contributed by atoms with Crippen LogP contribution in [0.5, 0.6) is 0 Å². The van der Waals surface area contributed by atoms with Crippen molar-refractivity contribution in [3.8, 4) is 6.07 Å². The standard InChI is InChI=1S/C9H7F3N2O3S/c10-9(11,12)6-17-14-18(15,16)8-3-1-7(5-13)2-4-8/h1-4,14H,6H2. The molecule has 0 saturated heterocycles. The maximum Gasteiger partial charge on any atom is 0.413 e. The Balaban J connectivity index is 2.72. The maximum absolute atomic E-state index is 11.7. The molecule has 5 nitrogen and oxygen atoms in total. The van der Waals surface area contributed by atoms with Crippen LogP contribution in [0, 0.1) is 11.3 Å². The van der Waals surface area contributed by atoms with E-state index in [0.29, 0.717) is 0 Å². The molecule has 0 spiro atoms. The third kappa shape index (κ3) is 4.33. The number of hydrogen-bond donors (Lipinski definition) is 1. The van der Waals surface area contributed by atoms with E-state index in [9.17, 15) is 21.6 Å². The molecule has 0 fully saturated rings. The Morgan fingerprint density at radius 1 is 1.28 bits per heavy atom. The fourth-order valence-electron chi connectivity index (χ4n) is 0.946. The van der Waals surface area contributed by atoms with Crippen molar-refractivity contribution in [2.24, 2.45) is 0 Å². The molecule has 0 saturated carbocycles. The van der Waals surface area contributed by atoms with E-state index in [4.69, 9.17) is 5.26 Å². The Hall–Kier alpha value is -1.63. The van der Waals surface area contributed by atoms with E-state index in [1.165, 1.54) is 17.0 Å². The molecule has 0 unspecified atom stereocenters. The SMILES string of the molecule is N#Cc1ccc(S(=O)(=O)NOCC(F)(F)F)cc1. The van der Waals surface area contributed by atoms with Gasteiger partial charge in [-0.3, -0.25) is 4.84 Å². The van der Waals surface area contributed by atoms with Crippen LogP contribution in [0.2, 0.25) is 0 Å². The van der Waals surface area contributed by atoms with Crippen molar-refractivity contribution in [2.75, 3.05) is 6.61 Å². The quantitative estimate of drug-likeness (QED) is 0.844. The van der Waals surface area contributed by atoms with E-state index in [0.717, 1.165) is 12.1 Å². The molecular formula is C9H7F3N2O3S. The van der Waals surface area contributed by atoms with Gasteiger partial charge in [0.1, 0.15) is 0 Å². The van der Waals surface area contributed by atoms with Gasteiger partial charge in [0.15, 0.2) is 6.61 Å². The lowest BCUT2D eigenvalue weighted by atomic mass is 10.2. The number of nitrogens with one attached hydrogen (secondary N) is 1. The van der Waals surface area contributed by atoms with Gasteiger partial charge in [-0.2, -0.15) is 18.4 Å². The molecule has 0 heterocycles. The second-order valence-corrected chi connectivity index (χ2v) is 4.77. The van der Waals surface area contributed by atoms with Crippen LogP contribution in [0.3, 0.4) is 0 Å². The van der Waals surface area contributed by atoms with E-state index in [2.05, 4.69) is 4.84 Å². The maximum atomic E-state index is 11.7. The highest BCUT2D eigenvalue weighted by atomic mass is 32.2. The smallest absolute Gasteiger partial charge is 0.277 e. The second kappa shape index (κ2) is 5.34. The lowest BCUT2D eigenvalue weighted by Crippen LogP contribution is -2.29. The Morgan fingerprint density at radius 2 is 1.83 bits per heavy atom. The number of nitrogens with zero attached hydrogens (tertiary/aromatic N) is 1. The van der Waals surface area contributed by atoms with E-state index in [1.54, 1.807) is 6.07 Å². The molecule has 1 rings (SSSR count). The molecule has 98 valence electrons. The molecule has 0 aromatic heterocycles. The summed E-state index contributed by atoms with van der Waals surface area (Å²) in [7, 11) is -4.19. The number of benzene rings is 1. The molecule has 0 aliphatic carbocycles. The van der Waals surface area contributed by atoms with Crippen molar-refractivity contribution in [2.45, 2.75) is 11.1 Å². The Kier molecular flexibility index (Phi) is 4.28. The highest BCUT2D eigenvalue weighted by Crippen LogP contribution is 2.15. The van der Waals surface area contributed by atoms with Crippen LogP contribution in [-0.2, 0) is 14.9 Å². The number of nitriles is 1. The number of sulfonamides is 1. The highest BCUT2D eigenvalue weighted by molar-refractivity contribution is 7.89. The van der Waals surface area contributed by atoms with Crippen LogP contribution in [-0.4, -0.2) is 21.2 Å². The summed E-state index contributed by atoms with van der Waals surface area (Å²) in [6, 6.07) is 6.38. The third-order valence-electron chi connectivity index (χ3n) is 1.70. The summed E-state index contributed by atoms with van der Waals surface area (Å²) in [5, 5.41) is 8.50. The molecule has 0 radical (unpaired) electrons. The number of halogens is 3. The van der Waals surface area contributed by atoms with E-state index in [-0.39, 0.29) is 10.5 Å². The molecule has 0 atom stereocenters. The normalized spacial score (nSPS) is 12.1. The van der Waals surface area contributed by atoms with Crippen molar-refractivity contribution < 1.29 is 26.4 Å². The van der Waals surface area contributed by atoms with Crippen LogP contribution in [0.15, 0.2) is 29.2 Å². The zero-order valence-corrected chi connectivity index (χ0v) is 9.55. The van der Waals surface area contributed by atoms with Gasteiger partial charge >= 0.3 is 6.18 Å². The molecular weight excluding hydrogens is 273 g/mol. The first-order chi connectivity index (χ1) is 8.24. The average Bonchev–Trinajstić information content (AvgIpc) is 2.27. The molecule has 1 N–H and O–H groups in total. The van der Waals surface area contributed by atoms with Gasteiger partial charge in [-0.25, -0.2) is 8.42 Å². The number of alkyl halides is 3. The zero-order chi connectivity index (χ0) is 13.8. The van der Waals surface area contributed by atoms with Crippen molar-refractivity contribution in [3.05, 3.63) is 29.8 Å².